The zero-order valence-corrected chi connectivity index (χ0v) is 9.89. The predicted octanol–water partition coefficient (Wildman–Crippen LogP) is 2.76. The minimum absolute atomic E-state index is 0.119. The standard InChI is InChI=1S/C11H15NO2S/c1-3-8-10(7(2)13)15-11(12-8)9-5-4-6-14-9/h9H,3-6H2,1-2H3. The number of ether oxygens (including phenoxy) is 1. The van der Waals surface area contributed by atoms with Gasteiger partial charge in [-0.15, -0.1) is 11.3 Å². The van der Waals surface area contributed by atoms with Crippen molar-refractivity contribution in [3.05, 3.63) is 15.6 Å². The third-order valence-electron chi connectivity index (χ3n) is 2.57. The van der Waals surface area contributed by atoms with Crippen LogP contribution in [0.15, 0.2) is 0 Å². The lowest BCUT2D eigenvalue weighted by Gasteiger charge is -2.03. The number of hydrogen-bond acceptors (Lipinski definition) is 4. The number of nitrogens with zero attached hydrogens (tertiary/aromatic N) is 1. The van der Waals surface area contributed by atoms with Gasteiger partial charge in [-0.25, -0.2) is 4.98 Å². The molecule has 0 radical (unpaired) electrons. The molecule has 1 aliphatic rings. The van der Waals surface area contributed by atoms with E-state index in [0.717, 1.165) is 41.4 Å². The van der Waals surface area contributed by atoms with Gasteiger partial charge in [0.05, 0.1) is 10.6 Å². The molecule has 1 fully saturated rings. The maximum absolute atomic E-state index is 11.4. The molecule has 82 valence electrons. The van der Waals surface area contributed by atoms with Crippen LogP contribution in [0, 0.1) is 0 Å². The van der Waals surface area contributed by atoms with E-state index in [0.29, 0.717) is 0 Å². The molecular formula is C11H15NO2S. The van der Waals surface area contributed by atoms with Crippen LogP contribution >= 0.6 is 11.3 Å². The Labute approximate surface area is 93.5 Å². The number of thiazole rings is 1. The van der Waals surface area contributed by atoms with E-state index >= 15 is 0 Å². The molecular weight excluding hydrogens is 210 g/mol. The summed E-state index contributed by atoms with van der Waals surface area (Å²) in [5.41, 5.74) is 0.929. The van der Waals surface area contributed by atoms with Crippen LogP contribution in [0.3, 0.4) is 0 Å². The van der Waals surface area contributed by atoms with E-state index in [4.69, 9.17) is 4.74 Å². The summed E-state index contributed by atoms with van der Waals surface area (Å²) < 4.78 is 5.57. The van der Waals surface area contributed by atoms with Crippen molar-refractivity contribution in [3.8, 4) is 0 Å². The second-order valence-corrected chi connectivity index (χ2v) is 4.77. The number of rotatable bonds is 3. The Balaban J connectivity index is 2.29. The number of hydrogen-bond donors (Lipinski definition) is 0. The first-order chi connectivity index (χ1) is 7.22. The number of carbonyl (C=O) groups excluding carboxylic acids is 1. The van der Waals surface area contributed by atoms with Gasteiger partial charge in [-0.05, 0) is 19.3 Å². The van der Waals surface area contributed by atoms with Crippen LogP contribution in [0.25, 0.3) is 0 Å². The van der Waals surface area contributed by atoms with Crippen LogP contribution in [-0.4, -0.2) is 17.4 Å². The highest BCUT2D eigenvalue weighted by atomic mass is 32.1. The largest absolute Gasteiger partial charge is 0.371 e. The van der Waals surface area contributed by atoms with Crippen molar-refractivity contribution in [2.45, 2.75) is 39.2 Å². The monoisotopic (exact) mass is 225 g/mol. The molecule has 0 aliphatic carbocycles. The molecule has 0 saturated carbocycles. The summed E-state index contributed by atoms with van der Waals surface area (Å²) in [6.07, 6.45) is 3.08. The van der Waals surface area contributed by atoms with Gasteiger partial charge in [-0.3, -0.25) is 4.79 Å². The number of Topliss-reactive ketones (excluding diaryl/α,β-unsaturated/α-hetero) is 1. The molecule has 1 aromatic rings. The lowest BCUT2D eigenvalue weighted by molar-refractivity contribution is 0.102. The summed E-state index contributed by atoms with van der Waals surface area (Å²) in [6.45, 7) is 4.45. The molecule has 2 heterocycles. The van der Waals surface area contributed by atoms with Gasteiger partial charge in [0.1, 0.15) is 11.1 Å². The van der Waals surface area contributed by atoms with Crippen LogP contribution in [0.2, 0.25) is 0 Å². The van der Waals surface area contributed by atoms with Crippen molar-refractivity contribution in [1.29, 1.82) is 0 Å². The van der Waals surface area contributed by atoms with Crippen LogP contribution < -0.4 is 0 Å². The maximum atomic E-state index is 11.4. The molecule has 0 aromatic carbocycles. The zero-order chi connectivity index (χ0) is 10.8. The quantitative estimate of drug-likeness (QED) is 0.742. The Kier molecular flexibility index (Phi) is 3.17. The van der Waals surface area contributed by atoms with E-state index in [-0.39, 0.29) is 11.9 Å². The molecule has 0 N–H and O–H groups in total. The van der Waals surface area contributed by atoms with Crippen molar-refractivity contribution in [2.75, 3.05) is 6.61 Å². The van der Waals surface area contributed by atoms with Crippen LogP contribution in [-0.2, 0) is 11.2 Å². The minimum Gasteiger partial charge on any atom is -0.371 e. The van der Waals surface area contributed by atoms with Gasteiger partial charge in [0.25, 0.3) is 0 Å². The molecule has 1 saturated heterocycles. The minimum atomic E-state index is 0.119. The Bertz CT molecular complexity index is 367. The van der Waals surface area contributed by atoms with Crippen molar-refractivity contribution in [3.63, 3.8) is 0 Å². The zero-order valence-electron chi connectivity index (χ0n) is 9.08. The van der Waals surface area contributed by atoms with Crippen molar-refractivity contribution in [1.82, 2.24) is 4.98 Å². The molecule has 0 amide bonds. The third kappa shape index (κ3) is 2.11. The average molecular weight is 225 g/mol. The van der Waals surface area contributed by atoms with Crippen molar-refractivity contribution in [2.24, 2.45) is 0 Å². The lowest BCUT2D eigenvalue weighted by Crippen LogP contribution is -1.95. The molecule has 4 heteroatoms. The summed E-state index contributed by atoms with van der Waals surface area (Å²) in [5, 5.41) is 0.981. The summed E-state index contributed by atoms with van der Waals surface area (Å²) in [7, 11) is 0. The highest BCUT2D eigenvalue weighted by Gasteiger charge is 2.23. The van der Waals surface area contributed by atoms with Crippen molar-refractivity contribution < 1.29 is 9.53 Å². The molecule has 3 nitrogen and oxygen atoms in total. The fourth-order valence-electron chi connectivity index (χ4n) is 1.79. The van der Waals surface area contributed by atoms with Gasteiger partial charge >= 0.3 is 0 Å². The molecule has 0 spiro atoms. The smallest absolute Gasteiger partial charge is 0.171 e. The lowest BCUT2D eigenvalue weighted by atomic mass is 10.2. The van der Waals surface area contributed by atoms with Gasteiger partial charge in [-0.1, -0.05) is 6.92 Å². The number of aryl methyl sites for hydroxylation is 1. The second-order valence-electron chi connectivity index (χ2n) is 3.74. The summed E-state index contributed by atoms with van der Waals surface area (Å²) in [6, 6.07) is 0. The SMILES string of the molecule is CCc1nc(C2CCCO2)sc1C(C)=O. The molecule has 1 atom stereocenters. The van der Waals surface area contributed by atoms with Crippen LogP contribution in [0.1, 0.15) is 53.2 Å². The number of ketones is 1. The van der Waals surface area contributed by atoms with Gasteiger partial charge in [0.2, 0.25) is 0 Å². The second kappa shape index (κ2) is 4.41. The first kappa shape index (κ1) is 10.8. The van der Waals surface area contributed by atoms with Crippen molar-refractivity contribution >= 4 is 17.1 Å². The Morgan fingerprint density at radius 1 is 1.67 bits per heavy atom. The molecule has 2 rings (SSSR count). The molecule has 1 aromatic heterocycles. The Morgan fingerprint density at radius 3 is 2.93 bits per heavy atom. The number of carbonyl (C=O) groups is 1. The van der Waals surface area contributed by atoms with Gasteiger partial charge in [-0.2, -0.15) is 0 Å². The van der Waals surface area contributed by atoms with Gasteiger partial charge in [0.15, 0.2) is 5.78 Å². The topological polar surface area (TPSA) is 39.2 Å². The molecule has 1 unspecified atom stereocenters. The van der Waals surface area contributed by atoms with E-state index in [1.807, 2.05) is 6.92 Å². The summed E-state index contributed by atoms with van der Waals surface area (Å²) in [5.74, 6) is 0.119. The summed E-state index contributed by atoms with van der Waals surface area (Å²) >= 11 is 1.50. The number of aromatic nitrogens is 1. The van der Waals surface area contributed by atoms with Gasteiger partial charge in [0, 0.05) is 13.5 Å². The molecule has 0 bridgehead atoms. The molecule has 1 aliphatic heterocycles. The van der Waals surface area contributed by atoms with Crippen LogP contribution in [0.4, 0.5) is 0 Å². The van der Waals surface area contributed by atoms with E-state index in [2.05, 4.69) is 4.98 Å². The third-order valence-corrected chi connectivity index (χ3v) is 3.86. The van der Waals surface area contributed by atoms with E-state index < -0.39 is 0 Å². The first-order valence-electron chi connectivity index (χ1n) is 5.34. The fraction of sp³-hybridized carbons (Fsp3) is 0.636. The van der Waals surface area contributed by atoms with E-state index in [1.54, 1.807) is 6.92 Å². The molecule has 15 heavy (non-hydrogen) atoms. The average Bonchev–Trinajstić information content (AvgIpc) is 2.86. The van der Waals surface area contributed by atoms with Gasteiger partial charge < -0.3 is 4.74 Å². The maximum Gasteiger partial charge on any atom is 0.171 e. The Morgan fingerprint density at radius 2 is 2.47 bits per heavy atom. The van der Waals surface area contributed by atoms with E-state index in [1.165, 1.54) is 11.3 Å². The Hall–Kier alpha value is -0.740. The summed E-state index contributed by atoms with van der Waals surface area (Å²) in [4.78, 5) is 16.7. The highest BCUT2D eigenvalue weighted by Crippen LogP contribution is 2.33. The fourth-order valence-corrected chi connectivity index (χ4v) is 2.93. The highest BCUT2D eigenvalue weighted by molar-refractivity contribution is 7.13. The first-order valence-corrected chi connectivity index (χ1v) is 6.16. The van der Waals surface area contributed by atoms with E-state index in [9.17, 15) is 4.79 Å². The normalized spacial score (nSPS) is 20.8. The van der Waals surface area contributed by atoms with Crippen LogP contribution in [0.5, 0.6) is 0 Å². The predicted molar refractivity (Wildman–Crippen MR) is 59.4 cm³/mol.